The number of anilines is 2. The molecule has 258 valence electrons. The zero-order chi connectivity index (χ0) is 34.4. The molecule has 47 heavy (non-hydrogen) atoms. The number of nitrogens with zero attached hydrogens (tertiary/aromatic N) is 1. The fourth-order valence-corrected chi connectivity index (χ4v) is 7.54. The van der Waals surface area contributed by atoms with E-state index in [9.17, 15) is 19.0 Å². The average Bonchev–Trinajstić information content (AvgIpc) is 3.00. The minimum Gasteiger partial charge on any atom is -0.390 e. The van der Waals surface area contributed by atoms with Crippen LogP contribution in [0.5, 0.6) is 0 Å². The molecule has 0 bridgehead atoms. The molecule has 2 atom stereocenters. The Morgan fingerprint density at radius 1 is 0.894 bits per heavy atom. The number of hydrogen-bond donors (Lipinski definition) is 6. The monoisotopic (exact) mass is 664 g/mol. The van der Waals surface area contributed by atoms with Crippen LogP contribution in [0.4, 0.5) is 11.4 Å². The third-order valence-electron chi connectivity index (χ3n) is 8.72. The minimum atomic E-state index is -2.96. The molecule has 3 aromatic carbocycles. The topological polar surface area (TPSA) is 117 Å². The largest absolute Gasteiger partial charge is 0.390 e. The van der Waals surface area contributed by atoms with Gasteiger partial charge in [0.2, 0.25) is 0 Å². The van der Waals surface area contributed by atoms with E-state index in [0.717, 1.165) is 29.7 Å². The van der Waals surface area contributed by atoms with Gasteiger partial charge in [0, 0.05) is 37.4 Å². The zero-order valence-corrected chi connectivity index (χ0v) is 30.1. The number of benzene rings is 3. The van der Waals surface area contributed by atoms with Crippen LogP contribution in [-0.2, 0) is 23.8 Å². The van der Waals surface area contributed by atoms with Gasteiger partial charge in [-0.2, -0.15) is 0 Å². The van der Waals surface area contributed by atoms with E-state index >= 15 is 0 Å². The van der Waals surface area contributed by atoms with Crippen molar-refractivity contribution >= 4 is 28.1 Å². The molecular weight excluding hydrogens is 609 g/mol. The number of rotatable bonds is 12. The van der Waals surface area contributed by atoms with Crippen LogP contribution in [-0.4, -0.2) is 57.7 Å². The molecule has 1 aliphatic rings. The first-order valence-electron chi connectivity index (χ1n) is 16.9. The van der Waals surface area contributed by atoms with Gasteiger partial charge in [-0.1, -0.05) is 90.1 Å². The zero-order valence-electron chi connectivity index (χ0n) is 29.3. The van der Waals surface area contributed by atoms with Crippen molar-refractivity contribution in [1.82, 2.24) is 10.6 Å². The highest BCUT2D eigenvalue weighted by Gasteiger charge is 2.29. The minimum absolute atomic E-state index is 0.00949. The lowest BCUT2D eigenvalue weighted by atomic mass is 9.79. The molecule has 1 amide bonds. The van der Waals surface area contributed by atoms with E-state index < -0.39 is 22.9 Å². The maximum Gasteiger partial charge on any atom is 0.251 e. The predicted octanol–water partition coefficient (Wildman–Crippen LogP) is 7.47. The molecule has 3 aromatic rings. The van der Waals surface area contributed by atoms with Crippen molar-refractivity contribution in [3.05, 3.63) is 94.5 Å². The molecule has 0 unspecified atom stereocenters. The summed E-state index contributed by atoms with van der Waals surface area (Å²) in [6, 6.07) is 21.4. The summed E-state index contributed by atoms with van der Waals surface area (Å²) in [5.74, 6) is -0.0109. The van der Waals surface area contributed by atoms with Crippen LogP contribution in [0.3, 0.4) is 0 Å². The summed E-state index contributed by atoms with van der Waals surface area (Å²) in [6.45, 7) is 17.4. The van der Waals surface area contributed by atoms with Gasteiger partial charge in [-0.15, -0.1) is 10.8 Å². The summed E-state index contributed by atoms with van der Waals surface area (Å²) in [4.78, 5) is 13.9. The van der Waals surface area contributed by atoms with Crippen LogP contribution >= 0.6 is 10.8 Å². The maximum absolute atomic E-state index is 13.9. The second-order valence-corrected chi connectivity index (χ2v) is 16.9. The number of amides is 1. The second-order valence-electron chi connectivity index (χ2n) is 14.8. The van der Waals surface area contributed by atoms with E-state index in [-0.39, 0.29) is 16.7 Å². The van der Waals surface area contributed by atoms with E-state index in [1.54, 1.807) is 16.4 Å². The molecule has 0 radical (unpaired) electrons. The summed E-state index contributed by atoms with van der Waals surface area (Å²) >= 11 is 0. The lowest BCUT2D eigenvalue weighted by molar-refractivity contribution is 0.0830. The SMILES string of the molecule is CCNc1cc(C(=O)N[C@@H](Cc2ccccc2)[C@H](O)CNCc2cc(C(C)(C)C)cc(C(C)(C)C)c2)cc(N2CCCCS2(O)O)c1. The number of nitrogens with one attached hydrogen (secondary N) is 3. The molecule has 0 spiro atoms. The van der Waals surface area contributed by atoms with Crippen molar-refractivity contribution < 1.29 is 19.0 Å². The Labute approximate surface area is 283 Å². The van der Waals surface area contributed by atoms with Crippen LogP contribution in [0, 0.1) is 0 Å². The standard InChI is InChI=1S/C38H56N4O4S/c1-8-40-32-21-29(22-33(24-32)42-16-12-13-17-47(42,45)46)36(44)41-34(20-27-14-10-9-11-15-27)35(43)26-39-25-28-18-30(37(2,3)4)23-31(19-28)38(5,6)7/h9-11,14-15,18-19,21-24,34-35,39-40,43,45-46H,8,12-13,16-17,20,25-26H2,1-7H3,(H,41,44)/t34-,35+/m0/s1. The highest BCUT2D eigenvalue weighted by Crippen LogP contribution is 2.50. The third-order valence-corrected chi connectivity index (χ3v) is 10.7. The smallest absolute Gasteiger partial charge is 0.251 e. The molecule has 9 heteroatoms. The Kier molecular flexibility index (Phi) is 12.1. The van der Waals surface area contributed by atoms with Crippen molar-refractivity contribution in [3.63, 3.8) is 0 Å². The van der Waals surface area contributed by atoms with Gasteiger partial charge in [0.1, 0.15) is 0 Å². The third kappa shape index (κ3) is 10.2. The highest BCUT2D eigenvalue weighted by atomic mass is 32.3. The summed E-state index contributed by atoms with van der Waals surface area (Å²) in [7, 11) is -2.96. The average molecular weight is 665 g/mol. The molecule has 0 saturated carbocycles. The lowest BCUT2D eigenvalue weighted by Crippen LogP contribution is -2.48. The molecule has 0 aromatic heterocycles. The Morgan fingerprint density at radius 3 is 2.15 bits per heavy atom. The summed E-state index contributed by atoms with van der Waals surface area (Å²) in [5.41, 5.74) is 6.47. The first-order chi connectivity index (χ1) is 22.1. The van der Waals surface area contributed by atoms with Crippen molar-refractivity contribution in [3.8, 4) is 0 Å². The molecule has 1 aliphatic heterocycles. The first-order valence-corrected chi connectivity index (χ1v) is 18.5. The molecule has 8 nitrogen and oxygen atoms in total. The van der Waals surface area contributed by atoms with Crippen molar-refractivity contribution in [2.75, 3.05) is 35.0 Å². The quantitative estimate of drug-likeness (QED) is 0.119. The highest BCUT2D eigenvalue weighted by molar-refractivity contribution is 8.25. The first kappa shape index (κ1) is 36.8. The predicted molar refractivity (Wildman–Crippen MR) is 198 cm³/mol. The van der Waals surface area contributed by atoms with Crippen LogP contribution in [0.1, 0.15) is 93.9 Å². The fraction of sp³-hybridized carbons (Fsp3) is 0.500. The molecule has 6 N–H and O–H groups in total. The van der Waals surface area contributed by atoms with Gasteiger partial charge >= 0.3 is 0 Å². The molecule has 0 aliphatic carbocycles. The molecule has 1 heterocycles. The van der Waals surface area contributed by atoms with Crippen LogP contribution in [0.25, 0.3) is 0 Å². The van der Waals surface area contributed by atoms with Crippen molar-refractivity contribution in [2.45, 2.75) is 97.2 Å². The Balaban J connectivity index is 1.54. The van der Waals surface area contributed by atoms with E-state index in [0.29, 0.717) is 49.6 Å². The van der Waals surface area contributed by atoms with Crippen molar-refractivity contribution in [2.24, 2.45) is 0 Å². The van der Waals surface area contributed by atoms with Gasteiger partial charge < -0.3 is 21.1 Å². The molecule has 1 fully saturated rings. The Morgan fingerprint density at radius 2 is 1.55 bits per heavy atom. The summed E-state index contributed by atoms with van der Waals surface area (Å²) < 4.78 is 23.2. The second kappa shape index (κ2) is 15.4. The normalized spacial score (nSPS) is 17.1. The number of carbonyl (C=O) groups is 1. The van der Waals surface area contributed by atoms with E-state index in [2.05, 4.69) is 75.7 Å². The number of carbonyl (C=O) groups excluding carboxylic acids is 1. The number of hydrogen-bond acceptors (Lipinski definition) is 7. The van der Waals surface area contributed by atoms with E-state index in [1.165, 1.54) is 11.1 Å². The Bertz CT molecular complexity index is 1450. The molecule has 4 rings (SSSR count). The van der Waals surface area contributed by atoms with E-state index in [1.807, 2.05) is 43.3 Å². The fourth-order valence-electron chi connectivity index (χ4n) is 5.87. The lowest BCUT2D eigenvalue weighted by Gasteiger charge is -2.47. The summed E-state index contributed by atoms with van der Waals surface area (Å²) in [6.07, 6.45) is 1.19. The van der Waals surface area contributed by atoms with Gasteiger partial charge in [0.05, 0.1) is 23.6 Å². The molecular formula is C38H56N4O4S. The van der Waals surface area contributed by atoms with Crippen molar-refractivity contribution in [1.29, 1.82) is 0 Å². The van der Waals surface area contributed by atoms with Crippen LogP contribution in [0.15, 0.2) is 66.7 Å². The van der Waals surface area contributed by atoms with Gasteiger partial charge in [-0.25, -0.2) is 0 Å². The van der Waals surface area contributed by atoms with E-state index in [4.69, 9.17) is 0 Å². The van der Waals surface area contributed by atoms with Crippen LogP contribution in [0.2, 0.25) is 0 Å². The summed E-state index contributed by atoms with van der Waals surface area (Å²) in [5, 5.41) is 21.4. The molecule has 1 saturated heterocycles. The van der Waals surface area contributed by atoms with Crippen LogP contribution < -0.4 is 20.3 Å². The maximum atomic E-state index is 13.9. The van der Waals surface area contributed by atoms with Gasteiger partial charge in [0.15, 0.2) is 0 Å². The number of aliphatic hydroxyl groups excluding tert-OH is 1. The van der Waals surface area contributed by atoms with Gasteiger partial charge in [0.25, 0.3) is 5.91 Å². The number of aliphatic hydroxyl groups is 1. The van der Waals surface area contributed by atoms with Gasteiger partial charge in [-0.3, -0.25) is 18.2 Å². The van der Waals surface area contributed by atoms with Gasteiger partial charge in [-0.05, 0) is 77.5 Å². The Hall–Kier alpha value is -3.08.